The zero-order chi connectivity index (χ0) is 15.7. The van der Waals surface area contributed by atoms with Gasteiger partial charge >= 0.3 is 0 Å². The molecule has 1 rings (SSSR count). The van der Waals surface area contributed by atoms with Crippen LogP contribution in [0.25, 0.3) is 0 Å². The number of carbonyl (C=O) groups is 1. The summed E-state index contributed by atoms with van der Waals surface area (Å²) in [4.78, 5) is 13.0. The second-order valence-corrected chi connectivity index (χ2v) is 6.81. The third-order valence-electron chi connectivity index (χ3n) is 3.26. The molecular formula is C17H27NO2S. The van der Waals surface area contributed by atoms with Gasteiger partial charge in [-0.1, -0.05) is 26.7 Å². The quantitative estimate of drug-likeness (QED) is 0.697. The lowest BCUT2D eigenvalue weighted by Crippen LogP contribution is -2.33. The van der Waals surface area contributed by atoms with E-state index < -0.39 is 0 Å². The normalized spacial score (nSPS) is 12.2. The van der Waals surface area contributed by atoms with Crippen molar-refractivity contribution < 1.29 is 9.53 Å². The summed E-state index contributed by atoms with van der Waals surface area (Å²) in [6.45, 7) is 6.54. The summed E-state index contributed by atoms with van der Waals surface area (Å²) in [5.41, 5.74) is 0. The Morgan fingerprint density at radius 2 is 1.86 bits per heavy atom. The maximum Gasteiger partial charge on any atom is 0.230 e. The highest BCUT2D eigenvalue weighted by atomic mass is 32.2. The fourth-order valence-corrected chi connectivity index (χ4v) is 2.75. The highest BCUT2D eigenvalue weighted by Gasteiger charge is 2.08. The lowest BCUT2D eigenvalue weighted by Gasteiger charge is -2.14. The molecule has 0 aliphatic rings. The molecule has 0 radical (unpaired) electrons. The Labute approximate surface area is 132 Å². The molecule has 0 heterocycles. The van der Waals surface area contributed by atoms with Crippen LogP contribution in [0.1, 0.15) is 40.0 Å². The van der Waals surface area contributed by atoms with E-state index in [4.69, 9.17) is 4.74 Å². The van der Waals surface area contributed by atoms with Crippen molar-refractivity contribution >= 4 is 17.7 Å². The smallest absolute Gasteiger partial charge is 0.230 e. The predicted molar refractivity (Wildman–Crippen MR) is 90.0 cm³/mol. The zero-order valence-electron chi connectivity index (χ0n) is 13.5. The predicted octanol–water partition coefficient (Wildman–Crippen LogP) is 4.12. The van der Waals surface area contributed by atoms with Crippen molar-refractivity contribution in [1.29, 1.82) is 0 Å². The molecule has 0 aliphatic heterocycles. The number of hydrogen-bond donors (Lipinski definition) is 1. The highest BCUT2D eigenvalue weighted by molar-refractivity contribution is 8.00. The Morgan fingerprint density at radius 3 is 2.43 bits per heavy atom. The van der Waals surface area contributed by atoms with Gasteiger partial charge in [0.1, 0.15) is 5.75 Å². The lowest BCUT2D eigenvalue weighted by atomic mass is 10.0. The van der Waals surface area contributed by atoms with Crippen molar-refractivity contribution in [3.8, 4) is 5.75 Å². The van der Waals surface area contributed by atoms with Crippen LogP contribution in [-0.4, -0.2) is 24.8 Å². The maximum atomic E-state index is 11.9. The summed E-state index contributed by atoms with van der Waals surface area (Å²) in [6.07, 6.45) is 3.45. The molecule has 1 amide bonds. The van der Waals surface area contributed by atoms with Gasteiger partial charge in [-0.3, -0.25) is 4.79 Å². The van der Waals surface area contributed by atoms with Crippen molar-refractivity contribution in [1.82, 2.24) is 5.32 Å². The van der Waals surface area contributed by atoms with Gasteiger partial charge in [0.15, 0.2) is 0 Å². The van der Waals surface area contributed by atoms with Crippen LogP contribution < -0.4 is 10.1 Å². The molecule has 0 spiro atoms. The summed E-state index contributed by atoms with van der Waals surface area (Å²) in [6, 6.07) is 8.03. The average Bonchev–Trinajstić information content (AvgIpc) is 2.45. The minimum absolute atomic E-state index is 0.105. The Bertz CT molecular complexity index is 417. The van der Waals surface area contributed by atoms with Crippen LogP contribution in [-0.2, 0) is 4.79 Å². The van der Waals surface area contributed by atoms with Crippen LogP contribution in [0.2, 0.25) is 0 Å². The minimum atomic E-state index is 0.105. The Kier molecular flexibility index (Phi) is 8.28. The van der Waals surface area contributed by atoms with Crippen molar-refractivity contribution in [3.05, 3.63) is 24.3 Å². The molecule has 0 aliphatic carbocycles. The van der Waals surface area contributed by atoms with E-state index in [0.29, 0.717) is 5.75 Å². The molecule has 1 aromatic rings. The molecular weight excluding hydrogens is 282 g/mol. The standard InChI is InChI=1S/C17H27NO2S/c1-13(2)6-5-7-14(3)18-17(19)12-21-16-10-8-15(20-4)9-11-16/h8-11,13-14H,5-7,12H2,1-4H3,(H,18,19). The van der Waals surface area contributed by atoms with Gasteiger partial charge in [-0.05, 0) is 43.5 Å². The minimum Gasteiger partial charge on any atom is -0.497 e. The van der Waals surface area contributed by atoms with Gasteiger partial charge in [0, 0.05) is 10.9 Å². The van der Waals surface area contributed by atoms with E-state index in [2.05, 4.69) is 26.1 Å². The summed E-state index contributed by atoms with van der Waals surface area (Å²) < 4.78 is 5.11. The van der Waals surface area contributed by atoms with Crippen molar-refractivity contribution in [2.75, 3.05) is 12.9 Å². The van der Waals surface area contributed by atoms with Crippen molar-refractivity contribution in [2.24, 2.45) is 5.92 Å². The third-order valence-corrected chi connectivity index (χ3v) is 4.27. The lowest BCUT2D eigenvalue weighted by molar-refractivity contribution is -0.119. The van der Waals surface area contributed by atoms with Gasteiger partial charge in [0.25, 0.3) is 0 Å². The molecule has 1 unspecified atom stereocenters. The molecule has 0 saturated carbocycles. The van der Waals surface area contributed by atoms with Crippen LogP contribution in [0.4, 0.5) is 0 Å². The van der Waals surface area contributed by atoms with Crippen LogP contribution in [0.5, 0.6) is 5.75 Å². The first kappa shape index (κ1) is 17.9. The van der Waals surface area contributed by atoms with E-state index >= 15 is 0 Å². The first-order chi connectivity index (χ1) is 10.0. The summed E-state index contributed by atoms with van der Waals surface area (Å²) in [5.74, 6) is 2.13. The maximum absolute atomic E-state index is 11.9. The topological polar surface area (TPSA) is 38.3 Å². The first-order valence-electron chi connectivity index (χ1n) is 7.57. The Balaban J connectivity index is 2.23. The Hall–Kier alpha value is -1.16. The van der Waals surface area contributed by atoms with Gasteiger partial charge in [0.05, 0.1) is 12.9 Å². The average molecular weight is 309 g/mol. The number of methoxy groups -OCH3 is 1. The summed E-state index contributed by atoms with van der Waals surface area (Å²) >= 11 is 1.55. The number of rotatable bonds is 9. The SMILES string of the molecule is COc1ccc(SCC(=O)NC(C)CCCC(C)C)cc1. The third kappa shape index (κ3) is 8.00. The number of carbonyl (C=O) groups excluding carboxylic acids is 1. The summed E-state index contributed by atoms with van der Waals surface area (Å²) in [7, 11) is 1.65. The number of ether oxygens (including phenoxy) is 1. The van der Waals surface area contributed by atoms with Gasteiger partial charge < -0.3 is 10.1 Å². The van der Waals surface area contributed by atoms with Crippen molar-refractivity contribution in [3.63, 3.8) is 0 Å². The molecule has 21 heavy (non-hydrogen) atoms. The number of benzene rings is 1. The van der Waals surface area contributed by atoms with Crippen LogP contribution in [0, 0.1) is 5.92 Å². The van der Waals surface area contributed by atoms with Crippen LogP contribution in [0.3, 0.4) is 0 Å². The molecule has 1 N–H and O–H groups in total. The second kappa shape index (κ2) is 9.72. The molecule has 0 saturated heterocycles. The number of amides is 1. The van der Waals surface area contributed by atoms with Crippen LogP contribution >= 0.6 is 11.8 Å². The van der Waals surface area contributed by atoms with Crippen molar-refractivity contribution in [2.45, 2.75) is 51.0 Å². The van der Waals surface area contributed by atoms with E-state index in [-0.39, 0.29) is 11.9 Å². The van der Waals surface area contributed by atoms with E-state index in [9.17, 15) is 4.79 Å². The number of nitrogens with one attached hydrogen (secondary N) is 1. The molecule has 0 aromatic heterocycles. The number of hydrogen-bond acceptors (Lipinski definition) is 3. The molecule has 1 aromatic carbocycles. The molecule has 118 valence electrons. The molecule has 4 heteroatoms. The molecule has 3 nitrogen and oxygen atoms in total. The zero-order valence-corrected chi connectivity index (χ0v) is 14.3. The molecule has 1 atom stereocenters. The van der Waals surface area contributed by atoms with E-state index in [1.165, 1.54) is 12.8 Å². The van der Waals surface area contributed by atoms with E-state index in [1.807, 2.05) is 24.3 Å². The number of thioether (sulfide) groups is 1. The van der Waals surface area contributed by atoms with Gasteiger partial charge in [-0.2, -0.15) is 0 Å². The summed E-state index contributed by atoms with van der Waals surface area (Å²) in [5, 5.41) is 3.06. The van der Waals surface area contributed by atoms with E-state index in [0.717, 1.165) is 23.0 Å². The molecule has 0 bridgehead atoms. The Morgan fingerprint density at radius 1 is 1.19 bits per heavy atom. The van der Waals surface area contributed by atoms with Gasteiger partial charge in [-0.15, -0.1) is 11.8 Å². The van der Waals surface area contributed by atoms with Gasteiger partial charge in [0.2, 0.25) is 5.91 Å². The largest absolute Gasteiger partial charge is 0.497 e. The monoisotopic (exact) mass is 309 g/mol. The van der Waals surface area contributed by atoms with Gasteiger partial charge in [-0.25, -0.2) is 0 Å². The fraction of sp³-hybridized carbons (Fsp3) is 0.588. The molecule has 0 fully saturated rings. The second-order valence-electron chi connectivity index (χ2n) is 5.76. The fourth-order valence-electron chi connectivity index (χ4n) is 2.04. The highest BCUT2D eigenvalue weighted by Crippen LogP contribution is 2.21. The first-order valence-corrected chi connectivity index (χ1v) is 8.56. The van der Waals surface area contributed by atoms with E-state index in [1.54, 1.807) is 18.9 Å². The van der Waals surface area contributed by atoms with Crippen LogP contribution in [0.15, 0.2) is 29.2 Å².